The maximum Gasteiger partial charge on any atom is 0.234 e. The summed E-state index contributed by atoms with van der Waals surface area (Å²) in [5.74, 6) is 0.0992. The van der Waals surface area contributed by atoms with Gasteiger partial charge in [-0.25, -0.2) is 0 Å². The number of hydrogen-bond acceptors (Lipinski definition) is 4. The second-order valence-electron chi connectivity index (χ2n) is 5.78. The summed E-state index contributed by atoms with van der Waals surface area (Å²) >= 11 is 1.67. The lowest BCUT2D eigenvalue weighted by Crippen LogP contribution is -2.39. The van der Waals surface area contributed by atoms with Crippen LogP contribution < -0.4 is 11.1 Å². The average Bonchev–Trinajstić information content (AvgIpc) is 2.99. The summed E-state index contributed by atoms with van der Waals surface area (Å²) in [6, 6.07) is 4.16. The quantitative estimate of drug-likeness (QED) is 0.862. The summed E-state index contributed by atoms with van der Waals surface area (Å²) in [6.07, 6.45) is 1.08. The fraction of sp³-hybridized carbons (Fsp3) is 0.643. The molecule has 2 rings (SSSR count). The zero-order chi connectivity index (χ0) is 13.9. The highest BCUT2D eigenvalue weighted by Gasteiger charge is 2.33. The van der Waals surface area contributed by atoms with Crippen LogP contribution in [0.1, 0.15) is 31.2 Å². The van der Waals surface area contributed by atoms with Crippen molar-refractivity contribution in [3.63, 3.8) is 0 Å². The lowest BCUT2D eigenvalue weighted by molar-refractivity contribution is -0.122. The van der Waals surface area contributed by atoms with E-state index in [9.17, 15) is 4.79 Å². The molecule has 1 fully saturated rings. The van der Waals surface area contributed by atoms with Crippen LogP contribution >= 0.6 is 11.3 Å². The molecule has 1 aliphatic rings. The van der Waals surface area contributed by atoms with Crippen molar-refractivity contribution < 1.29 is 4.79 Å². The number of rotatable bonds is 5. The number of nitrogens with zero attached hydrogens (tertiary/aromatic N) is 1. The van der Waals surface area contributed by atoms with E-state index in [0.717, 1.165) is 19.5 Å². The van der Waals surface area contributed by atoms with E-state index in [0.29, 0.717) is 13.1 Å². The first-order chi connectivity index (χ1) is 9.02. The van der Waals surface area contributed by atoms with E-state index in [-0.39, 0.29) is 17.4 Å². The van der Waals surface area contributed by atoms with Crippen LogP contribution in [0.2, 0.25) is 0 Å². The molecule has 5 heteroatoms. The maximum atomic E-state index is 12.0. The van der Waals surface area contributed by atoms with Crippen LogP contribution in [0, 0.1) is 5.41 Å². The van der Waals surface area contributed by atoms with Crippen molar-refractivity contribution in [2.45, 2.75) is 26.3 Å². The third-order valence-corrected chi connectivity index (χ3v) is 4.90. The van der Waals surface area contributed by atoms with E-state index in [1.54, 1.807) is 11.3 Å². The summed E-state index contributed by atoms with van der Waals surface area (Å²) in [4.78, 5) is 15.4. The van der Waals surface area contributed by atoms with Gasteiger partial charge in [-0.3, -0.25) is 9.69 Å². The molecule has 1 amide bonds. The average molecular weight is 281 g/mol. The van der Waals surface area contributed by atoms with E-state index >= 15 is 0 Å². The molecule has 0 bridgehead atoms. The number of nitrogens with two attached hydrogens (primary N) is 1. The topological polar surface area (TPSA) is 58.4 Å². The van der Waals surface area contributed by atoms with E-state index in [1.807, 2.05) is 18.4 Å². The van der Waals surface area contributed by atoms with Gasteiger partial charge in [-0.1, -0.05) is 13.0 Å². The van der Waals surface area contributed by atoms with Gasteiger partial charge in [0.1, 0.15) is 0 Å². The molecule has 0 spiro atoms. The molecular weight excluding hydrogens is 258 g/mol. The number of carbonyl (C=O) groups excluding carboxylic acids is 1. The standard InChI is InChI=1S/C14H23N3OS/c1-11(12-4-3-7-19-12)16-13(18)8-17-6-5-14(2,9-15)10-17/h3-4,7,11H,5-6,8-10,15H2,1-2H3,(H,16,18). The number of carbonyl (C=O) groups is 1. The minimum absolute atomic E-state index is 0.0935. The molecule has 1 saturated heterocycles. The first-order valence-corrected chi connectivity index (χ1v) is 7.65. The Bertz CT molecular complexity index is 420. The summed E-state index contributed by atoms with van der Waals surface area (Å²) < 4.78 is 0. The molecule has 0 aromatic carbocycles. The number of nitrogens with one attached hydrogen (secondary N) is 1. The number of hydrogen-bond donors (Lipinski definition) is 2. The van der Waals surface area contributed by atoms with Gasteiger partial charge in [0, 0.05) is 11.4 Å². The van der Waals surface area contributed by atoms with Gasteiger partial charge in [-0.2, -0.15) is 0 Å². The molecular formula is C14H23N3OS. The first kappa shape index (κ1) is 14.5. The van der Waals surface area contributed by atoms with Crippen molar-refractivity contribution in [1.82, 2.24) is 10.2 Å². The lowest BCUT2D eigenvalue weighted by atomic mass is 9.90. The van der Waals surface area contributed by atoms with Gasteiger partial charge in [0.25, 0.3) is 0 Å². The molecule has 4 nitrogen and oxygen atoms in total. The zero-order valence-corrected chi connectivity index (χ0v) is 12.5. The van der Waals surface area contributed by atoms with Crippen LogP contribution in [-0.2, 0) is 4.79 Å². The van der Waals surface area contributed by atoms with Crippen LogP contribution in [0.15, 0.2) is 17.5 Å². The Morgan fingerprint density at radius 2 is 2.47 bits per heavy atom. The van der Waals surface area contributed by atoms with Gasteiger partial charge in [-0.15, -0.1) is 11.3 Å². The smallest absolute Gasteiger partial charge is 0.234 e. The van der Waals surface area contributed by atoms with Gasteiger partial charge in [0.05, 0.1) is 12.6 Å². The molecule has 106 valence electrons. The van der Waals surface area contributed by atoms with E-state index in [2.05, 4.69) is 23.2 Å². The Kier molecular flexibility index (Phi) is 4.60. The molecule has 0 saturated carbocycles. The zero-order valence-electron chi connectivity index (χ0n) is 11.7. The van der Waals surface area contributed by atoms with Crippen molar-refractivity contribution in [2.24, 2.45) is 11.1 Å². The first-order valence-electron chi connectivity index (χ1n) is 6.78. The van der Waals surface area contributed by atoms with Crippen LogP contribution in [0.5, 0.6) is 0 Å². The normalized spacial score (nSPS) is 25.4. The summed E-state index contributed by atoms with van der Waals surface area (Å²) in [7, 11) is 0. The van der Waals surface area contributed by atoms with Gasteiger partial charge in [-0.05, 0) is 43.3 Å². The molecule has 0 radical (unpaired) electrons. The third kappa shape index (κ3) is 3.78. The maximum absolute atomic E-state index is 12.0. The van der Waals surface area contributed by atoms with Crippen molar-refractivity contribution in [3.05, 3.63) is 22.4 Å². The SMILES string of the molecule is CC(NC(=O)CN1CCC(C)(CN)C1)c1cccs1. The van der Waals surface area contributed by atoms with Crippen LogP contribution in [0.3, 0.4) is 0 Å². The molecule has 0 aliphatic carbocycles. The molecule has 2 unspecified atom stereocenters. The second-order valence-corrected chi connectivity index (χ2v) is 6.76. The summed E-state index contributed by atoms with van der Waals surface area (Å²) in [5.41, 5.74) is 5.96. The number of likely N-dealkylation sites (tertiary alicyclic amines) is 1. The molecule has 1 aromatic heterocycles. The van der Waals surface area contributed by atoms with Gasteiger partial charge in [0.15, 0.2) is 0 Å². The molecule has 3 N–H and O–H groups in total. The fourth-order valence-corrected chi connectivity index (χ4v) is 3.26. The van der Waals surface area contributed by atoms with Gasteiger partial charge < -0.3 is 11.1 Å². The second kappa shape index (κ2) is 6.03. The van der Waals surface area contributed by atoms with Gasteiger partial charge in [0.2, 0.25) is 5.91 Å². The van der Waals surface area contributed by atoms with E-state index < -0.39 is 0 Å². The minimum Gasteiger partial charge on any atom is -0.348 e. The number of amides is 1. The predicted molar refractivity (Wildman–Crippen MR) is 79.1 cm³/mol. The van der Waals surface area contributed by atoms with Crippen molar-refractivity contribution >= 4 is 17.2 Å². The van der Waals surface area contributed by atoms with Crippen molar-refractivity contribution in [3.8, 4) is 0 Å². The molecule has 1 aliphatic heterocycles. The third-order valence-electron chi connectivity index (χ3n) is 3.84. The Balaban J connectivity index is 1.79. The van der Waals surface area contributed by atoms with E-state index in [4.69, 9.17) is 5.73 Å². The van der Waals surface area contributed by atoms with Gasteiger partial charge >= 0.3 is 0 Å². The fourth-order valence-electron chi connectivity index (χ4n) is 2.53. The molecule has 1 aromatic rings. The molecule has 19 heavy (non-hydrogen) atoms. The molecule has 2 heterocycles. The summed E-state index contributed by atoms with van der Waals surface area (Å²) in [6.45, 7) is 7.28. The lowest BCUT2D eigenvalue weighted by Gasteiger charge is -2.22. The minimum atomic E-state index is 0.0935. The molecule has 2 atom stereocenters. The Hall–Kier alpha value is -0.910. The van der Waals surface area contributed by atoms with Crippen LogP contribution in [0.4, 0.5) is 0 Å². The highest BCUT2D eigenvalue weighted by molar-refractivity contribution is 7.10. The van der Waals surface area contributed by atoms with Crippen molar-refractivity contribution in [2.75, 3.05) is 26.2 Å². The summed E-state index contributed by atoms with van der Waals surface area (Å²) in [5, 5.41) is 5.09. The highest BCUT2D eigenvalue weighted by Crippen LogP contribution is 2.28. The van der Waals surface area contributed by atoms with Crippen LogP contribution in [-0.4, -0.2) is 37.0 Å². The van der Waals surface area contributed by atoms with Crippen LogP contribution in [0.25, 0.3) is 0 Å². The Morgan fingerprint density at radius 1 is 1.68 bits per heavy atom. The Labute approximate surface area is 119 Å². The Morgan fingerprint density at radius 3 is 3.05 bits per heavy atom. The van der Waals surface area contributed by atoms with E-state index in [1.165, 1.54) is 4.88 Å². The monoisotopic (exact) mass is 281 g/mol. The highest BCUT2D eigenvalue weighted by atomic mass is 32.1. The largest absolute Gasteiger partial charge is 0.348 e. The number of thiophene rings is 1. The van der Waals surface area contributed by atoms with Crippen molar-refractivity contribution in [1.29, 1.82) is 0 Å². The predicted octanol–water partition coefficient (Wildman–Crippen LogP) is 1.60.